The Kier molecular flexibility index (Phi) is 5.32. The standard InChI is InChI=1S/C17H18ClF2N/c1-3-8-21-17(12-4-7-15(19)11(2)9-12)14-6-5-13(18)10-16(14)20/h4-7,9-10,17,21H,3,8H2,1-2H3. The van der Waals surface area contributed by atoms with Crippen LogP contribution in [0.25, 0.3) is 0 Å². The SMILES string of the molecule is CCCNC(c1ccc(F)c(C)c1)c1ccc(Cl)cc1F. The first-order valence-electron chi connectivity index (χ1n) is 6.97. The lowest BCUT2D eigenvalue weighted by Crippen LogP contribution is -2.24. The molecule has 2 aromatic carbocycles. The number of rotatable bonds is 5. The summed E-state index contributed by atoms with van der Waals surface area (Å²) in [5, 5.41) is 3.67. The van der Waals surface area contributed by atoms with Crippen molar-refractivity contribution in [2.75, 3.05) is 6.54 Å². The minimum Gasteiger partial charge on any atom is -0.306 e. The fourth-order valence-electron chi connectivity index (χ4n) is 2.28. The molecule has 0 saturated carbocycles. The maximum absolute atomic E-state index is 14.2. The van der Waals surface area contributed by atoms with Crippen LogP contribution in [0.5, 0.6) is 0 Å². The molecule has 2 aromatic rings. The first-order chi connectivity index (χ1) is 10.0. The van der Waals surface area contributed by atoms with E-state index in [1.165, 1.54) is 12.1 Å². The molecule has 0 radical (unpaired) electrons. The molecule has 0 bridgehead atoms. The van der Waals surface area contributed by atoms with E-state index in [1.807, 2.05) is 6.92 Å². The van der Waals surface area contributed by atoms with Gasteiger partial charge in [-0.25, -0.2) is 8.78 Å². The van der Waals surface area contributed by atoms with Crippen molar-refractivity contribution in [3.05, 3.63) is 69.7 Å². The van der Waals surface area contributed by atoms with Crippen LogP contribution in [0.1, 0.15) is 36.1 Å². The van der Waals surface area contributed by atoms with Crippen LogP contribution in [0.3, 0.4) is 0 Å². The van der Waals surface area contributed by atoms with Crippen LogP contribution in [0.2, 0.25) is 5.02 Å². The summed E-state index contributed by atoms with van der Waals surface area (Å²) < 4.78 is 27.6. The Morgan fingerprint density at radius 3 is 2.48 bits per heavy atom. The molecule has 0 aliphatic rings. The molecule has 0 aromatic heterocycles. The predicted molar refractivity (Wildman–Crippen MR) is 82.7 cm³/mol. The molecule has 4 heteroatoms. The van der Waals surface area contributed by atoms with E-state index >= 15 is 0 Å². The van der Waals surface area contributed by atoms with Crippen molar-refractivity contribution in [1.82, 2.24) is 5.32 Å². The Morgan fingerprint density at radius 2 is 1.86 bits per heavy atom. The number of halogens is 3. The van der Waals surface area contributed by atoms with Crippen molar-refractivity contribution in [2.24, 2.45) is 0 Å². The van der Waals surface area contributed by atoms with Crippen LogP contribution >= 0.6 is 11.6 Å². The third-order valence-electron chi connectivity index (χ3n) is 3.39. The summed E-state index contributed by atoms with van der Waals surface area (Å²) in [6.07, 6.45) is 0.923. The second kappa shape index (κ2) is 7.01. The fourth-order valence-corrected chi connectivity index (χ4v) is 2.44. The quantitative estimate of drug-likeness (QED) is 0.818. The number of nitrogens with one attached hydrogen (secondary N) is 1. The largest absolute Gasteiger partial charge is 0.306 e. The van der Waals surface area contributed by atoms with Crippen molar-refractivity contribution in [3.63, 3.8) is 0 Å². The van der Waals surface area contributed by atoms with E-state index in [0.717, 1.165) is 18.5 Å². The summed E-state index contributed by atoms with van der Waals surface area (Å²) in [5.41, 5.74) is 1.90. The second-order valence-electron chi connectivity index (χ2n) is 5.06. The molecular formula is C17H18ClF2N. The van der Waals surface area contributed by atoms with Crippen molar-refractivity contribution < 1.29 is 8.78 Å². The summed E-state index contributed by atoms with van der Waals surface area (Å²) in [6.45, 7) is 4.48. The molecule has 1 unspecified atom stereocenters. The summed E-state index contributed by atoms with van der Waals surface area (Å²) in [7, 11) is 0. The monoisotopic (exact) mass is 309 g/mol. The molecule has 0 aliphatic heterocycles. The van der Waals surface area contributed by atoms with E-state index < -0.39 is 0 Å². The maximum Gasteiger partial charge on any atom is 0.129 e. The Morgan fingerprint density at radius 1 is 1.10 bits per heavy atom. The van der Waals surface area contributed by atoms with Gasteiger partial charge in [0.1, 0.15) is 11.6 Å². The third kappa shape index (κ3) is 3.80. The highest BCUT2D eigenvalue weighted by atomic mass is 35.5. The molecule has 112 valence electrons. The Hall–Kier alpha value is -1.45. The first kappa shape index (κ1) is 15.9. The molecule has 0 heterocycles. The van der Waals surface area contributed by atoms with Gasteiger partial charge in [0, 0.05) is 10.6 Å². The number of hydrogen-bond acceptors (Lipinski definition) is 1. The van der Waals surface area contributed by atoms with Gasteiger partial charge in [-0.1, -0.05) is 36.7 Å². The zero-order chi connectivity index (χ0) is 15.4. The van der Waals surface area contributed by atoms with E-state index in [1.54, 1.807) is 31.2 Å². The number of hydrogen-bond donors (Lipinski definition) is 1. The average Bonchev–Trinajstić information content (AvgIpc) is 2.44. The van der Waals surface area contributed by atoms with Gasteiger partial charge in [-0.15, -0.1) is 0 Å². The summed E-state index contributed by atoms with van der Waals surface area (Å²) in [6, 6.07) is 9.16. The molecule has 21 heavy (non-hydrogen) atoms. The molecule has 1 atom stereocenters. The van der Waals surface area contributed by atoms with Gasteiger partial charge < -0.3 is 5.32 Å². The van der Waals surface area contributed by atoms with Crippen molar-refractivity contribution >= 4 is 11.6 Å². The fraction of sp³-hybridized carbons (Fsp3) is 0.294. The second-order valence-corrected chi connectivity index (χ2v) is 5.50. The van der Waals surface area contributed by atoms with Crippen molar-refractivity contribution in [3.8, 4) is 0 Å². The summed E-state index contributed by atoms with van der Waals surface area (Å²) in [4.78, 5) is 0. The van der Waals surface area contributed by atoms with Gasteiger partial charge in [0.15, 0.2) is 0 Å². The topological polar surface area (TPSA) is 12.0 Å². The number of aryl methyl sites for hydroxylation is 1. The van der Waals surface area contributed by atoms with Gasteiger partial charge in [-0.2, -0.15) is 0 Å². The minimum absolute atomic E-state index is 0.260. The zero-order valence-electron chi connectivity index (χ0n) is 12.1. The Balaban J connectivity index is 2.44. The molecule has 1 nitrogen and oxygen atoms in total. The number of benzene rings is 2. The van der Waals surface area contributed by atoms with Gasteiger partial charge in [0.25, 0.3) is 0 Å². The van der Waals surface area contributed by atoms with E-state index in [4.69, 9.17) is 11.6 Å². The van der Waals surface area contributed by atoms with Crippen LogP contribution in [0.15, 0.2) is 36.4 Å². The molecule has 1 N–H and O–H groups in total. The van der Waals surface area contributed by atoms with Gasteiger partial charge in [-0.05, 0) is 49.2 Å². The normalized spacial score (nSPS) is 12.4. The van der Waals surface area contributed by atoms with Gasteiger partial charge in [-0.3, -0.25) is 0 Å². The van der Waals surface area contributed by atoms with Crippen LogP contribution in [0, 0.1) is 18.6 Å². The van der Waals surface area contributed by atoms with Crippen molar-refractivity contribution in [2.45, 2.75) is 26.3 Å². The highest BCUT2D eigenvalue weighted by molar-refractivity contribution is 6.30. The molecule has 0 fully saturated rings. The van der Waals surface area contributed by atoms with Crippen LogP contribution in [0.4, 0.5) is 8.78 Å². The van der Waals surface area contributed by atoms with E-state index in [-0.39, 0.29) is 17.7 Å². The molecule has 0 aliphatic carbocycles. The van der Waals surface area contributed by atoms with Crippen molar-refractivity contribution in [1.29, 1.82) is 0 Å². The molecule has 0 amide bonds. The summed E-state index contributed by atoms with van der Waals surface area (Å²) >= 11 is 5.81. The highest BCUT2D eigenvalue weighted by Crippen LogP contribution is 2.27. The third-order valence-corrected chi connectivity index (χ3v) is 3.62. The van der Waals surface area contributed by atoms with Crippen LogP contribution in [-0.2, 0) is 0 Å². The summed E-state index contributed by atoms with van der Waals surface area (Å²) in [5.74, 6) is -0.623. The molecule has 0 spiro atoms. The molecule has 2 rings (SSSR count). The lowest BCUT2D eigenvalue weighted by molar-refractivity contribution is 0.545. The first-order valence-corrected chi connectivity index (χ1v) is 7.35. The maximum atomic E-state index is 14.2. The Labute approximate surface area is 128 Å². The molecular weight excluding hydrogens is 292 g/mol. The Bertz CT molecular complexity index is 628. The van der Waals surface area contributed by atoms with Crippen LogP contribution in [-0.4, -0.2) is 6.54 Å². The van der Waals surface area contributed by atoms with E-state index in [0.29, 0.717) is 16.1 Å². The average molecular weight is 310 g/mol. The predicted octanol–water partition coefficient (Wildman–Crippen LogP) is 5.02. The van der Waals surface area contributed by atoms with Crippen LogP contribution < -0.4 is 5.32 Å². The highest BCUT2D eigenvalue weighted by Gasteiger charge is 2.18. The van der Waals surface area contributed by atoms with Gasteiger partial charge >= 0.3 is 0 Å². The molecule has 0 saturated heterocycles. The van der Waals surface area contributed by atoms with E-state index in [2.05, 4.69) is 5.32 Å². The lowest BCUT2D eigenvalue weighted by Gasteiger charge is -2.21. The minimum atomic E-state index is -0.363. The van der Waals surface area contributed by atoms with Gasteiger partial charge in [0.05, 0.1) is 6.04 Å². The van der Waals surface area contributed by atoms with Gasteiger partial charge in [0.2, 0.25) is 0 Å². The lowest BCUT2D eigenvalue weighted by atomic mass is 9.96. The van der Waals surface area contributed by atoms with E-state index in [9.17, 15) is 8.78 Å². The smallest absolute Gasteiger partial charge is 0.129 e. The zero-order valence-corrected chi connectivity index (χ0v) is 12.8.